The summed E-state index contributed by atoms with van der Waals surface area (Å²) in [5.41, 5.74) is 1.65. The topological polar surface area (TPSA) is 75.7 Å². The van der Waals surface area contributed by atoms with Crippen molar-refractivity contribution >= 4 is 15.9 Å². The van der Waals surface area contributed by atoms with E-state index in [1.807, 2.05) is 19.1 Å². The molecular formula is C15H24N2O4S. The van der Waals surface area contributed by atoms with Gasteiger partial charge in [0.25, 0.3) is 5.91 Å². The third kappa shape index (κ3) is 6.55. The lowest BCUT2D eigenvalue weighted by molar-refractivity contribution is 0.0951. The Morgan fingerprint density at radius 3 is 2.41 bits per heavy atom. The number of aryl methyl sites for hydroxylation is 1. The molecule has 1 N–H and O–H groups in total. The Labute approximate surface area is 132 Å². The van der Waals surface area contributed by atoms with Crippen LogP contribution in [-0.4, -0.2) is 58.2 Å². The Balaban J connectivity index is 2.48. The lowest BCUT2D eigenvalue weighted by atomic mass is 10.1. The largest absolute Gasteiger partial charge is 0.385 e. The maximum absolute atomic E-state index is 11.9. The molecule has 0 saturated heterocycles. The average molecular weight is 328 g/mol. The van der Waals surface area contributed by atoms with E-state index in [9.17, 15) is 13.2 Å². The molecule has 0 aliphatic carbocycles. The summed E-state index contributed by atoms with van der Waals surface area (Å²) < 4.78 is 29.6. The SMILES string of the molecule is COCCCN(CCNC(=O)c1ccc(C)cc1)S(C)(=O)=O. The second-order valence-electron chi connectivity index (χ2n) is 5.13. The van der Waals surface area contributed by atoms with E-state index < -0.39 is 10.0 Å². The van der Waals surface area contributed by atoms with Gasteiger partial charge >= 0.3 is 0 Å². The van der Waals surface area contributed by atoms with Crippen LogP contribution in [0.15, 0.2) is 24.3 Å². The van der Waals surface area contributed by atoms with E-state index in [1.165, 1.54) is 10.6 Å². The number of sulfonamides is 1. The molecule has 0 aliphatic heterocycles. The van der Waals surface area contributed by atoms with Gasteiger partial charge in [-0.05, 0) is 25.5 Å². The van der Waals surface area contributed by atoms with Gasteiger partial charge in [-0.1, -0.05) is 17.7 Å². The summed E-state index contributed by atoms with van der Waals surface area (Å²) in [6.45, 7) is 3.35. The second kappa shape index (κ2) is 8.87. The summed E-state index contributed by atoms with van der Waals surface area (Å²) in [6, 6.07) is 7.22. The molecule has 0 radical (unpaired) electrons. The first-order valence-corrected chi connectivity index (χ1v) is 8.98. The predicted octanol–water partition coefficient (Wildman–Crippen LogP) is 1.02. The Hall–Kier alpha value is -1.44. The molecule has 1 aromatic rings. The summed E-state index contributed by atoms with van der Waals surface area (Å²) in [5.74, 6) is -0.203. The Morgan fingerprint density at radius 1 is 1.23 bits per heavy atom. The van der Waals surface area contributed by atoms with Gasteiger partial charge in [0.1, 0.15) is 0 Å². The third-order valence-corrected chi connectivity index (χ3v) is 4.49. The van der Waals surface area contributed by atoms with E-state index in [1.54, 1.807) is 19.2 Å². The quantitative estimate of drug-likeness (QED) is 0.687. The van der Waals surface area contributed by atoms with Crippen LogP contribution in [-0.2, 0) is 14.8 Å². The third-order valence-electron chi connectivity index (χ3n) is 3.19. The van der Waals surface area contributed by atoms with Gasteiger partial charge in [0.05, 0.1) is 6.26 Å². The minimum atomic E-state index is -3.29. The number of methoxy groups -OCH3 is 1. The molecular weight excluding hydrogens is 304 g/mol. The molecule has 0 spiro atoms. The number of benzene rings is 1. The van der Waals surface area contributed by atoms with Crippen LogP contribution in [0, 0.1) is 6.92 Å². The molecule has 6 nitrogen and oxygen atoms in total. The van der Waals surface area contributed by atoms with Crippen LogP contribution in [0.2, 0.25) is 0 Å². The number of rotatable bonds is 9. The Morgan fingerprint density at radius 2 is 1.86 bits per heavy atom. The van der Waals surface area contributed by atoms with Gasteiger partial charge in [0.15, 0.2) is 0 Å². The highest BCUT2D eigenvalue weighted by Gasteiger charge is 2.16. The van der Waals surface area contributed by atoms with E-state index >= 15 is 0 Å². The van der Waals surface area contributed by atoms with Crippen molar-refractivity contribution in [1.82, 2.24) is 9.62 Å². The van der Waals surface area contributed by atoms with Crippen molar-refractivity contribution in [2.24, 2.45) is 0 Å². The van der Waals surface area contributed by atoms with Gasteiger partial charge in [-0.25, -0.2) is 12.7 Å². The number of ether oxygens (including phenoxy) is 1. The molecule has 1 aromatic carbocycles. The normalized spacial score (nSPS) is 11.6. The molecule has 1 rings (SSSR count). The van der Waals surface area contributed by atoms with E-state index in [0.29, 0.717) is 25.1 Å². The van der Waals surface area contributed by atoms with Gasteiger partial charge in [-0.15, -0.1) is 0 Å². The van der Waals surface area contributed by atoms with Crippen molar-refractivity contribution in [3.8, 4) is 0 Å². The van der Waals surface area contributed by atoms with Crippen LogP contribution in [0.3, 0.4) is 0 Å². The fourth-order valence-corrected chi connectivity index (χ4v) is 2.81. The van der Waals surface area contributed by atoms with Crippen molar-refractivity contribution in [2.45, 2.75) is 13.3 Å². The predicted molar refractivity (Wildman–Crippen MR) is 86.4 cm³/mol. The molecule has 1 amide bonds. The average Bonchev–Trinajstić information content (AvgIpc) is 2.45. The molecule has 0 bridgehead atoms. The van der Waals surface area contributed by atoms with Crippen LogP contribution in [0.25, 0.3) is 0 Å². The second-order valence-corrected chi connectivity index (χ2v) is 7.11. The standard InChI is InChI=1S/C15H24N2O4S/c1-13-5-7-14(8-6-13)15(18)16-9-11-17(22(3,19)20)10-4-12-21-2/h5-8H,4,9-12H2,1-3H3,(H,16,18). The molecule has 0 heterocycles. The van der Waals surface area contributed by atoms with Crippen LogP contribution in [0.4, 0.5) is 0 Å². The molecule has 0 saturated carbocycles. The molecule has 124 valence electrons. The summed E-state index contributed by atoms with van der Waals surface area (Å²) in [4.78, 5) is 11.9. The number of carbonyl (C=O) groups excluding carboxylic acids is 1. The van der Waals surface area contributed by atoms with Crippen molar-refractivity contribution in [3.05, 3.63) is 35.4 Å². The van der Waals surface area contributed by atoms with E-state index in [0.717, 1.165) is 5.56 Å². The number of amides is 1. The summed E-state index contributed by atoms with van der Waals surface area (Å²) in [6.07, 6.45) is 1.79. The fourth-order valence-electron chi connectivity index (χ4n) is 1.93. The fraction of sp³-hybridized carbons (Fsp3) is 0.533. The van der Waals surface area contributed by atoms with Crippen LogP contribution < -0.4 is 5.32 Å². The van der Waals surface area contributed by atoms with E-state index in [-0.39, 0.29) is 19.0 Å². The van der Waals surface area contributed by atoms with Crippen molar-refractivity contribution in [2.75, 3.05) is 39.6 Å². The maximum Gasteiger partial charge on any atom is 0.251 e. The monoisotopic (exact) mass is 328 g/mol. The summed E-state index contributed by atoms with van der Waals surface area (Å²) >= 11 is 0. The Bertz CT molecular complexity index is 570. The first-order valence-electron chi connectivity index (χ1n) is 7.13. The first kappa shape index (κ1) is 18.6. The van der Waals surface area contributed by atoms with Crippen LogP contribution in [0.5, 0.6) is 0 Å². The number of nitrogens with one attached hydrogen (secondary N) is 1. The van der Waals surface area contributed by atoms with Gasteiger partial charge in [-0.2, -0.15) is 0 Å². The highest BCUT2D eigenvalue weighted by Crippen LogP contribution is 2.03. The zero-order chi connectivity index (χ0) is 16.6. The lowest BCUT2D eigenvalue weighted by Gasteiger charge is -2.20. The number of carbonyl (C=O) groups is 1. The van der Waals surface area contributed by atoms with Gasteiger partial charge in [-0.3, -0.25) is 4.79 Å². The Kier molecular flexibility index (Phi) is 7.50. The molecule has 0 unspecified atom stereocenters. The van der Waals surface area contributed by atoms with Gasteiger partial charge in [0.2, 0.25) is 10.0 Å². The van der Waals surface area contributed by atoms with E-state index in [4.69, 9.17) is 4.74 Å². The van der Waals surface area contributed by atoms with Crippen molar-refractivity contribution in [3.63, 3.8) is 0 Å². The van der Waals surface area contributed by atoms with Crippen LogP contribution in [0.1, 0.15) is 22.3 Å². The molecule has 0 aliphatic rings. The zero-order valence-electron chi connectivity index (χ0n) is 13.3. The molecule has 0 atom stereocenters. The number of nitrogens with zero attached hydrogens (tertiary/aromatic N) is 1. The minimum Gasteiger partial charge on any atom is -0.385 e. The summed E-state index contributed by atoms with van der Waals surface area (Å²) in [5, 5.41) is 2.74. The molecule has 0 fully saturated rings. The molecule has 7 heteroatoms. The first-order chi connectivity index (χ1) is 10.3. The maximum atomic E-state index is 11.9. The highest BCUT2D eigenvalue weighted by atomic mass is 32.2. The lowest BCUT2D eigenvalue weighted by Crippen LogP contribution is -2.38. The molecule has 22 heavy (non-hydrogen) atoms. The molecule has 0 aromatic heterocycles. The number of hydrogen-bond donors (Lipinski definition) is 1. The van der Waals surface area contributed by atoms with E-state index in [2.05, 4.69) is 5.32 Å². The number of hydrogen-bond acceptors (Lipinski definition) is 4. The van der Waals surface area contributed by atoms with Gasteiger partial charge < -0.3 is 10.1 Å². The van der Waals surface area contributed by atoms with Crippen molar-refractivity contribution < 1.29 is 17.9 Å². The summed E-state index contributed by atoms with van der Waals surface area (Å²) in [7, 11) is -1.71. The minimum absolute atomic E-state index is 0.203. The van der Waals surface area contributed by atoms with Crippen molar-refractivity contribution in [1.29, 1.82) is 0 Å². The zero-order valence-corrected chi connectivity index (χ0v) is 14.1. The smallest absolute Gasteiger partial charge is 0.251 e. The van der Waals surface area contributed by atoms with Crippen LogP contribution >= 0.6 is 0 Å². The van der Waals surface area contributed by atoms with Gasteiger partial charge in [0, 0.05) is 38.9 Å². The highest BCUT2D eigenvalue weighted by molar-refractivity contribution is 7.88.